The number of aryl methyl sites for hydroxylation is 2. The molecule has 2 heterocycles. The number of amidine groups is 2. The molecule has 0 bridgehead atoms. The van der Waals surface area contributed by atoms with Crippen LogP contribution in [0.5, 0.6) is 0 Å². The predicted molar refractivity (Wildman–Crippen MR) is 107 cm³/mol. The molecule has 0 amide bonds. The molecule has 0 saturated heterocycles. The van der Waals surface area contributed by atoms with Gasteiger partial charge in [0.15, 0.2) is 0 Å². The topological polar surface area (TPSA) is 30.6 Å². The molecule has 0 N–H and O–H groups in total. The van der Waals surface area contributed by atoms with Crippen molar-refractivity contribution < 1.29 is 26.3 Å². The molecule has 3 nitrogen and oxygen atoms in total. The Kier molecular flexibility index (Phi) is 4.66. The summed E-state index contributed by atoms with van der Waals surface area (Å²) in [5.74, 6) is -1.62. The molecular weight excluding hydrogens is 420 g/mol. The molecule has 0 unspecified atom stereocenters. The predicted octanol–water partition coefficient (Wildman–Crippen LogP) is 5.98. The molecule has 9 heteroatoms. The SMILES string of the molecule is CC1=NC(C(F)(F)F)(C(F)(F)F)C2=NC(c3ccc(C)cc3)=C(c3ccc(C)cc3)[N+]12. The Labute approximate surface area is 174 Å². The summed E-state index contributed by atoms with van der Waals surface area (Å²) in [7, 11) is 0. The van der Waals surface area contributed by atoms with Gasteiger partial charge in [0.25, 0.3) is 5.84 Å². The normalized spacial score (nSPS) is 18.9. The molecule has 0 aromatic heterocycles. The summed E-state index contributed by atoms with van der Waals surface area (Å²) in [6, 6.07) is 13.5. The van der Waals surface area contributed by atoms with Gasteiger partial charge in [-0.2, -0.15) is 36.3 Å². The Hall–Kier alpha value is -2.94. The average molecular weight is 437 g/mol. The minimum atomic E-state index is -5.72. The van der Waals surface area contributed by atoms with E-state index in [2.05, 4.69) is 9.98 Å². The number of fused-ring (bicyclic) bond motifs is 1. The molecule has 0 fully saturated rings. The molecule has 0 saturated carbocycles. The van der Waals surface area contributed by atoms with E-state index in [1.165, 1.54) is 0 Å². The second-order valence-electron chi connectivity index (χ2n) is 7.57. The first-order valence-electron chi connectivity index (χ1n) is 9.34. The zero-order valence-corrected chi connectivity index (χ0v) is 16.7. The number of rotatable bonds is 2. The lowest BCUT2D eigenvalue weighted by molar-refractivity contribution is -0.270. The van der Waals surface area contributed by atoms with Gasteiger partial charge in [-0.15, -0.1) is 0 Å². The van der Waals surface area contributed by atoms with Crippen LogP contribution in [0.25, 0.3) is 11.4 Å². The van der Waals surface area contributed by atoms with Gasteiger partial charge in [0.2, 0.25) is 5.70 Å². The van der Waals surface area contributed by atoms with Crippen LogP contribution < -0.4 is 4.90 Å². The Bertz CT molecular complexity index is 1110. The lowest BCUT2D eigenvalue weighted by Gasteiger charge is -2.27. The molecular formula is C22H17F6N3+. The molecule has 0 aliphatic carbocycles. The van der Waals surface area contributed by atoms with E-state index < -0.39 is 29.6 Å². The lowest BCUT2D eigenvalue weighted by Crippen LogP contribution is -2.61. The van der Waals surface area contributed by atoms with Gasteiger partial charge in [-0.1, -0.05) is 47.5 Å². The molecule has 0 spiro atoms. The van der Waals surface area contributed by atoms with Crippen LogP contribution in [0.1, 0.15) is 29.2 Å². The number of hydrogen-bond acceptors (Lipinski definition) is 3. The van der Waals surface area contributed by atoms with Crippen LogP contribution in [0.3, 0.4) is 0 Å². The van der Waals surface area contributed by atoms with E-state index >= 15 is 0 Å². The first-order valence-corrected chi connectivity index (χ1v) is 9.34. The maximum absolute atomic E-state index is 13.9. The standard InChI is InChI=1S/C22H17F6N3/c1-12-4-8-15(9-5-12)17-18(16-10-6-13(2)7-11-16)31-14(3)30-20(19(31)29-17,21(23,24)25)22(26,27)28/h4-11H,1-3H3/q+1. The molecule has 2 aliphatic rings. The van der Waals surface area contributed by atoms with Gasteiger partial charge < -0.3 is 0 Å². The molecule has 4 rings (SSSR count). The summed E-state index contributed by atoms with van der Waals surface area (Å²) in [6.07, 6.45) is -11.4. The van der Waals surface area contributed by atoms with Crippen molar-refractivity contribution in [2.45, 2.75) is 38.7 Å². The van der Waals surface area contributed by atoms with Crippen molar-refractivity contribution in [2.75, 3.05) is 0 Å². The zero-order chi connectivity index (χ0) is 22.8. The Morgan fingerprint density at radius 1 is 0.710 bits per heavy atom. The van der Waals surface area contributed by atoms with Gasteiger partial charge in [0, 0.05) is 18.1 Å². The number of hydrogen-bond donors (Lipinski definition) is 0. The van der Waals surface area contributed by atoms with Crippen LogP contribution in [0.4, 0.5) is 26.3 Å². The van der Waals surface area contributed by atoms with Crippen molar-refractivity contribution in [2.24, 2.45) is 9.98 Å². The number of aliphatic imine (C=N–C) groups is 2. The van der Waals surface area contributed by atoms with Crippen LogP contribution >= 0.6 is 0 Å². The number of nitrogens with zero attached hydrogens (tertiary/aromatic N) is 3. The molecule has 0 atom stereocenters. The molecule has 2 aromatic rings. The van der Waals surface area contributed by atoms with E-state index in [0.717, 1.165) is 23.0 Å². The van der Waals surface area contributed by atoms with Crippen molar-refractivity contribution in [3.05, 3.63) is 70.8 Å². The Morgan fingerprint density at radius 3 is 1.61 bits per heavy atom. The van der Waals surface area contributed by atoms with E-state index in [0.29, 0.717) is 11.1 Å². The third-order valence-electron chi connectivity index (χ3n) is 5.32. The van der Waals surface area contributed by atoms with E-state index in [-0.39, 0.29) is 11.4 Å². The maximum Gasteiger partial charge on any atom is 0.434 e. The van der Waals surface area contributed by atoms with Crippen molar-refractivity contribution in [3.8, 4) is 0 Å². The van der Waals surface area contributed by atoms with Crippen molar-refractivity contribution in [1.29, 1.82) is 0 Å². The summed E-state index contributed by atoms with van der Waals surface area (Å²) < 4.78 is 83.6. The first-order chi connectivity index (χ1) is 14.4. The van der Waals surface area contributed by atoms with Gasteiger partial charge in [-0.05, 0) is 30.9 Å². The summed E-state index contributed by atoms with van der Waals surface area (Å²) >= 11 is 0. The smallest absolute Gasteiger partial charge is 0.196 e. The summed E-state index contributed by atoms with van der Waals surface area (Å²) in [6.45, 7) is 4.78. The van der Waals surface area contributed by atoms with E-state index in [1.807, 2.05) is 13.8 Å². The minimum Gasteiger partial charge on any atom is -0.196 e. The highest BCUT2D eigenvalue weighted by Crippen LogP contribution is 2.53. The molecule has 2 aromatic carbocycles. The van der Waals surface area contributed by atoms with Crippen molar-refractivity contribution in [3.63, 3.8) is 0 Å². The third kappa shape index (κ3) is 3.10. The van der Waals surface area contributed by atoms with E-state index in [4.69, 9.17) is 0 Å². The van der Waals surface area contributed by atoms with Crippen molar-refractivity contribution >= 4 is 23.1 Å². The maximum atomic E-state index is 13.9. The second kappa shape index (κ2) is 6.78. The highest BCUT2D eigenvalue weighted by Gasteiger charge is 2.83. The quantitative estimate of drug-likeness (QED) is 0.409. The second-order valence-corrected chi connectivity index (χ2v) is 7.57. The highest BCUT2D eigenvalue weighted by atomic mass is 19.4. The lowest BCUT2D eigenvalue weighted by atomic mass is 9.97. The first kappa shape index (κ1) is 21.3. The molecule has 2 aliphatic heterocycles. The minimum absolute atomic E-state index is 0.0333. The van der Waals surface area contributed by atoms with Gasteiger partial charge in [0.05, 0.1) is 0 Å². The van der Waals surface area contributed by atoms with Crippen LogP contribution in [-0.4, -0.2) is 29.6 Å². The van der Waals surface area contributed by atoms with Gasteiger partial charge >= 0.3 is 23.7 Å². The van der Waals surface area contributed by atoms with Crippen LogP contribution in [0.15, 0.2) is 58.5 Å². The van der Waals surface area contributed by atoms with E-state index in [9.17, 15) is 26.3 Å². The summed E-state index contributed by atoms with van der Waals surface area (Å²) in [5.41, 5.74) is -1.62. The Balaban J connectivity index is 2.01. The van der Waals surface area contributed by atoms with E-state index in [1.54, 1.807) is 48.5 Å². The summed E-state index contributed by atoms with van der Waals surface area (Å²) in [4.78, 5) is 7.92. The highest BCUT2D eigenvalue weighted by molar-refractivity contribution is 6.27. The number of halogens is 6. The average Bonchev–Trinajstić information content (AvgIpc) is 3.19. The third-order valence-corrected chi connectivity index (χ3v) is 5.32. The fourth-order valence-corrected chi connectivity index (χ4v) is 3.75. The van der Waals surface area contributed by atoms with Gasteiger partial charge in [-0.3, -0.25) is 0 Å². The number of alkyl halides is 6. The zero-order valence-electron chi connectivity index (χ0n) is 16.7. The number of benzene rings is 2. The summed E-state index contributed by atoms with van der Waals surface area (Å²) in [5, 5.41) is 0. The fraction of sp³-hybridized carbons (Fsp3) is 0.273. The van der Waals surface area contributed by atoms with Crippen LogP contribution in [0.2, 0.25) is 0 Å². The molecule has 31 heavy (non-hydrogen) atoms. The fourth-order valence-electron chi connectivity index (χ4n) is 3.75. The van der Waals surface area contributed by atoms with Crippen LogP contribution in [-0.2, 0) is 0 Å². The van der Waals surface area contributed by atoms with Gasteiger partial charge in [-0.25, -0.2) is 0 Å². The molecule has 1 radical (unpaired) electrons. The molecule has 161 valence electrons. The largest absolute Gasteiger partial charge is 0.434 e. The van der Waals surface area contributed by atoms with Gasteiger partial charge in [0.1, 0.15) is 5.70 Å². The monoisotopic (exact) mass is 437 g/mol. The van der Waals surface area contributed by atoms with Crippen molar-refractivity contribution in [1.82, 2.24) is 4.90 Å². The van der Waals surface area contributed by atoms with Crippen LogP contribution in [0, 0.1) is 13.8 Å². The Morgan fingerprint density at radius 2 is 1.16 bits per heavy atom.